The van der Waals surface area contributed by atoms with Gasteiger partial charge in [-0.15, -0.1) is 11.6 Å². The number of alkyl halides is 7. The number of fused-ring (bicyclic) bond motifs is 3. The van der Waals surface area contributed by atoms with Gasteiger partial charge in [-0.05, 0) is 5.57 Å². The van der Waals surface area contributed by atoms with Gasteiger partial charge in [-0.25, -0.2) is 0 Å². The van der Waals surface area contributed by atoms with E-state index in [0.717, 1.165) is 0 Å². The highest BCUT2D eigenvalue weighted by Gasteiger charge is 2.92. The van der Waals surface area contributed by atoms with Crippen LogP contribution in [0, 0.1) is 0 Å². The molecule has 3 unspecified atom stereocenters. The van der Waals surface area contributed by atoms with Crippen molar-refractivity contribution >= 4 is 81.2 Å². The van der Waals surface area contributed by atoms with Gasteiger partial charge in [0.25, 0.3) is 0 Å². The Morgan fingerprint density at radius 3 is 2.17 bits per heavy atom. The Morgan fingerprint density at radius 1 is 1.06 bits per heavy atom. The third-order valence-electron chi connectivity index (χ3n) is 3.64. The third kappa shape index (κ3) is 1.18. The van der Waals surface area contributed by atoms with Crippen LogP contribution in [-0.2, 0) is 4.74 Å². The van der Waals surface area contributed by atoms with E-state index in [9.17, 15) is 0 Å². The van der Waals surface area contributed by atoms with Crippen LogP contribution in [-0.4, -0.2) is 23.7 Å². The first-order valence-electron chi connectivity index (χ1n) is 4.89. The predicted octanol–water partition coefficient (Wildman–Crippen LogP) is 5.11. The van der Waals surface area contributed by atoms with Gasteiger partial charge < -0.3 is 4.74 Å². The molecule has 1 aliphatic heterocycles. The molecule has 0 aromatic heterocycles. The number of halogens is 7. The van der Waals surface area contributed by atoms with Gasteiger partial charge in [-0.2, -0.15) is 0 Å². The monoisotopic (exact) mass is 386 g/mol. The fraction of sp³-hybridized carbons (Fsp3) is 0.600. The van der Waals surface area contributed by atoms with Gasteiger partial charge in [0.05, 0.1) is 0 Å². The average Bonchev–Trinajstić information content (AvgIpc) is 2.77. The van der Waals surface area contributed by atoms with Crippen LogP contribution in [0.3, 0.4) is 0 Å². The maximum absolute atomic E-state index is 6.56. The maximum Gasteiger partial charge on any atom is 0.217 e. The second-order valence-corrected chi connectivity index (χ2v) is 8.97. The van der Waals surface area contributed by atoms with Crippen LogP contribution < -0.4 is 0 Å². The van der Waals surface area contributed by atoms with Crippen LogP contribution >= 0.6 is 81.2 Å². The predicted molar refractivity (Wildman–Crippen MR) is 77.6 cm³/mol. The van der Waals surface area contributed by atoms with E-state index in [1.54, 1.807) is 6.08 Å². The fourth-order valence-corrected chi connectivity index (χ4v) is 5.22. The van der Waals surface area contributed by atoms with E-state index < -0.39 is 23.7 Å². The number of rotatable bonds is 0. The lowest BCUT2D eigenvalue weighted by Gasteiger charge is -2.47. The molecule has 3 atom stereocenters. The zero-order valence-corrected chi connectivity index (χ0v) is 13.8. The van der Waals surface area contributed by atoms with Crippen LogP contribution in [0.5, 0.6) is 0 Å². The fourth-order valence-electron chi connectivity index (χ4n) is 2.52. The van der Waals surface area contributed by atoms with Crippen molar-refractivity contribution in [3.8, 4) is 0 Å². The average molecular weight is 389 g/mol. The van der Waals surface area contributed by atoms with Gasteiger partial charge in [-0.1, -0.05) is 82.3 Å². The van der Waals surface area contributed by atoms with E-state index >= 15 is 0 Å². The van der Waals surface area contributed by atoms with Gasteiger partial charge >= 0.3 is 0 Å². The summed E-state index contributed by atoms with van der Waals surface area (Å²) in [5, 5.41) is -2.82. The summed E-state index contributed by atoms with van der Waals surface area (Å²) in [5.41, 5.74) is 0.964. The number of ether oxygens (including phenoxy) is 1. The molecule has 0 aromatic rings. The molecule has 3 aliphatic rings. The molecule has 0 aromatic carbocycles. The minimum atomic E-state index is -1.79. The normalized spacial score (nSPS) is 51.5. The van der Waals surface area contributed by atoms with Gasteiger partial charge in [0, 0.05) is 12.0 Å². The lowest BCUT2D eigenvalue weighted by Crippen LogP contribution is -2.60. The van der Waals surface area contributed by atoms with E-state index in [4.69, 9.17) is 85.9 Å². The Bertz CT molecular complexity index is 512. The Balaban J connectivity index is 2.29. The van der Waals surface area contributed by atoms with Crippen molar-refractivity contribution < 1.29 is 4.74 Å². The highest BCUT2D eigenvalue weighted by atomic mass is 35.5. The molecule has 3 rings (SSSR count). The molecular formula is C10H5Cl7O. The molecule has 8 heteroatoms. The van der Waals surface area contributed by atoms with Crippen molar-refractivity contribution in [3.05, 3.63) is 23.8 Å². The number of hydrogen-bond donors (Lipinski definition) is 0. The molecule has 2 aliphatic carbocycles. The molecule has 100 valence electrons. The smallest absolute Gasteiger partial charge is 0.217 e. The van der Waals surface area contributed by atoms with Crippen LogP contribution in [0.4, 0.5) is 0 Å². The molecule has 1 saturated heterocycles. The summed E-state index contributed by atoms with van der Waals surface area (Å²) in [7, 11) is 0. The maximum atomic E-state index is 6.56. The standard InChI is InChI=1S/C10H5Cl7O/c1-4-5-2-3-6(11,12)9(15,16)7(5,13)10(17)8(4,14)18-10/h2H,1,3H2. The lowest BCUT2D eigenvalue weighted by molar-refractivity contribution is 0.280. The summed E-state index contributed by atoms with van der Waals surface area (Å²) in [4.78, 5) is -1.56. The Hall–Kier alpha value is 1.47. The second-order valence-electron chi connectivity index (χ2n) is 4.53. The van der Waals surface area contributed by atoms with Gasteiger partial charge in [0.2, 0.25) is 10.1 Å². The van der Waals surface area contributed by atoms with Crippen molar-refractivity contribution in [2.45, 2.75) is 30.1 Å². The van der Waals surface area contributed by atoms with Crippen molar-refractivity contribution in [3.63, 3.8) is 0 Å². The summed E-state index contributed by atoms with van der Waals surface area (Å²) in [6.07, 6.45) is 1.90. The van der Waals surface area contributed by atoms with Crippen LogP contribution in [0.15, 0.2) is 23.8 Å². The molecule has 18 heavy (non-hydrogen) atoms. The Labute approximate surface area is 139 Å². The van der Waals surface area contributed by atoms with Crippen LogP contribution in [0.1, 0.15) is 6.42 Å². The highest BCUT2D eigenvalue weighted by Crippen LogP contribution is 2.81. The Morgan fingerprint density at radius 2 is 1.61 bits per heavy atom. The lowest BCUT2D eigenvalue weighted by atomic mass is 9.85. The van der Waals surface area contributed by atoms with Crippen LogP contribution in [0.25, 0.3) is 0 Å². The van der Waals surface area contributed by atoms with E-state index in [1.165, 1.54) is 0 Å². The first-order valence-corrected chi connectivity index (χ1v) is 7.53. The SMILES string of the molecule is C=C1C2=CCC(Cl)(Cl)C(Cl)(Cl)C2(Cl)C2(Cl)OC12Cl. The first-order chi connectivity index (χ1) is 7.96. The topological polar surface area (TPSA) is 12.5 Å². The molecule has 0 radical (unpaired) electrons. The van der Waals surface area contributed by atoms with E-state index in [-0.39, 0.29) is 6.42 Å². The second kappa shape index (κ2) is 3.44. The number of epoxide rings is 1. The molecule has 0 bridgehead atoms. The summed E-state index contributed by atoms with van der Waals surface area (Å²) in [6.45, 7) is 3.84. The van der Waals surface area contributed by atoms with Crippen molar-refractivity contribution in [2.75, 3.05) is 0 Å². The van der Waals surface area contributed by atoms with Gasteiger partial charge in [-0.3, -0.25) is 0 Å². The van der Waals surface area contributed by atoms with Crippen molar-refractivity contribution in [1.29, 1.82) is 0 Å². The molecule has 1 nitrogen and oxygen atoms in total. The largest absolute Gasteiger partial charge is 0.322 e. The summed E-state index contributed by atoms with van der Waals surface area (Å²) in [6, 6.07) is 0. The number of hydrogen-bond acceptors (Lipinski definition) is 1. The molecule has 0 amide bonds. The minimum Gasteiger partial charge on any atom is -0.322 e. The summed E-state index contributed by atoms with van der Waals surface area (Å²) < 4.78 is 2.01. The zero-order chi connectivity index (χ0) is 13.8. The van der Waals surface area contributed by atoms with Crippen molar-refractivity contribution in [2.24, 2.45) is 0 Å². The molecule has 1 saturated carbocycles. The molecular weight excluding hydrogens is 384 g/mol. The summed E-state index contributed by atoms with van der Waals surface area (Å²) in [5.74, 6) is 0. The minimum absolute atomic E-state index is 0.200. The number of allylic oxidation sites excluding steroid dienone is 1. The van der Waals surface area contributed by atoms with Gasteiger partial charge in [0.1, 0.15) is 0 Å². The van der Waals surface area contributed by atoms with Crippen LogP contribution in [0.2, 0.25) is 0 Å². The Kier molecular flexibility index (Phi) is 2.76. The molecule has 2 fully saturated rings. The van der Waals surface area contributed by atoms with E-state index in [1.807, 2.05) is 0 Å². The highest BCUT2D eigenvalue weighted by molar-refractivity contribution is 6.67. The molecule has 0 N–H and O–H groups in total. The van der Waals surface area contributed by atoms with Gasteiger partial charge in [0.15, 0.2) is 13.5 Å². The first kappa shape index (κ1) is 14.4. The molecule has 0 spiro atoms. The van der Waals surface area contributed by atoms with E-state index in [2.05, 4.69) is 6.58 Å². The molecule has 1 heterocycles. The zero-order valence-electron chi connectivity index (χ0n) is 8.55. The quantitative estimate of drug-likeness (QED) is 0.414. The van der Waals surface area contributed by atoms with Crippen molar-refractivity contribution in [1.82, 2.24) is 0 Å². The third-order valence-corrected chi connectivity index (χ3v) is 8.45. The van der Waals surface area contributed by atoms with E-state index in [0.29, 0.717) is 11.1 Å². The summed E-state index contributed by atoms with van der Waals surface area (Å²) >= 11 is 44.0.